The van der Waals surface area contributed by atoms with Crippen LogP contribution in [0.25, 0.3) is 0 Å². The lowest BCUT2D eigenvalue weighted by Gasteiger charge is -2.03. The summed E-state index contributed by atoms with van der Waals surface area (Å²) in [6.45, 7) is 1.54. The predicted molar refractivity (Wildman–Crippen MR) is 44.0 cm³/mol. The monoisotopic (exact) mass is 183 g/mol. The van der Waals surface area contributed by atoms with Crippen molar-refractivity contribution in [2.45, 2.75) is 6.92 Å². The second-order valence-electron chi connectivity index (χ2n) is 2.53. The predicted octanol–water partition coefficient (Wildman–Crippen LogP) is 0.181. The summed E-state index contributed by atoms with van der Waals surface area (Å²) >= 11 is 0. The summed E-state index contributed by atoms with van der Waals surface area (Å²) < 4.78 is 5.05. The number of esters is 1. The number of aryl methyl sites for hydroxylation is 1. The fourth-order valence-electron chi connectivity index (χ4n) is 0.885. The molecule has 0 bridgehead atoms. The Balaban J connectivity index is 3.32. The molecule has 0 aliphatic heterocycles. The molecule has 0 atom stereocenters. The van der Waals surface area contributed by atoms with Crippen LogP contribution in [0.1, 0.15) is 16.1 Å². The van der Waals surface area contributed by atoms with E-state index in [1.54, 1.807) is 6.92 Å². The molecule has 0 unspecified atom stereocenters. The van der Waals surface area contributed by atoms with Gasteiger partial charge in [0.2, 0.25) is 0 Å². The second kappa shape index (κ2) is 3.30. The maximum absolute atomic E-state index is 11.2. The van der Waals surface area contributed by atoms with Crippen molar-refractivity contribution >= 4 is 5.97 Å². The molecule has 0 aliphatic rings. The van der Waals surface area contributed by atoms with E-state index in [9.17, 15) is 9.59 Å². The van der Waals surface area contributed by atoms with Crippen LogP contribution in [0.3, 0.4) is 0 Å². The van der Waals surface area contributed by atoms with Gasteiger partial charge in [0.25, 0.3) is 0 Å². The molecule has 1 aromatic heterocycles. The molecule has 1 N–H and O–H groups in total. The first-order valence-corrected chi connectivity index (χ1v) is 3.57. The summed E-state index contributed by atoms with van der Waals surface area (Å²) in [7, 11) is 1.17. The van der Waals surface area contributed by atoms with Crippen molar-refractivity contribution in [2.24, 2.45) is 0 Å². The van der Waals surface area contributed by atoms with E-state index in [0.717, 1.165) is 12.3 Å². The van der Waals surface area contributed by atoms with Crippen LogP contribution in [0.15, 0.2) is 17.1 Å². The minimum Gasteiger partial charge on any atom is -0.465 e. The standard InChI is InChI=1S/C8H9NO4/c1-5-3-7(10)6(4-9(5)12)8(11)13-2/h3-4,12H,1-2H3. The van der Waals surface area contributed by atoms with Crippen LogP contribution < -0.4 is 5.43 Å². The molecule has 1 aromatic rings. The molecule has 0 amide bonds. The molecular formula is C8H9NO4. The molecule has 1 heterocycles. The summed E-state index contributed by atoms with van der Waals surface area (Å²) in [5.41, 5.74) is -0.289. The van der Waals surface area contributed by atoms with Crippen LogP contribution in [0, 0.1) is 6.92 Å². The number of methoxy groups -OCH3 is 1. The molecule has 5 nitrogen and oxygen atoms in total. The molecule has 0 fully saturated rings. The molecular weight excluding hydrogens is 174 g/mol. The van der Waals surface area contributed by atoms with E-state index in [1.807, 2.05) is 0 Å². The highest BCUT2D eigenvalue weighted by Gasteiger charge is 2.11. The van der Waals surface area contributed by atoms with Crippen molar-refractivity contribution < 1.29 is 14.7 Å². The Morgan fingerprint density at radius 2 is 2.23 bits per heavy atom. The van der Waals surface area contributed by atoms with Crippen LogP contribution in [0.5, 0.6) is 0 Å². The van der Waals surface area contributed by atoms with Crippen molar-refractivity contribution in [2.75, 3.05) is 7.11 Å². The smallest absolute Gasteiger partial charge is 0.343 e. The van der Waals surface area contributed by atoms with Gasteiger partial charge in [-0.3, -0.25) is 4.79 Å². The minimum atomic E-state index is -0.757. The summed E-state index contributed by atoms with van der Waals surface area (Å²) in [4.78, 5) is 22.1. The molecule has 5 heteroatoms. The zero-order valence-corrected chi connectivity index (χ0v) is 7.27. The summed E-state index contributed by atoms with van der Waals surface area (Å²) in [5, 5.41) is 9.14. The minimum absolute atomic E-state index is 0.185. The Kier molecular flexibility index (Phi) is 2.36. The van der Waals surface area contributed by atoms with Gasteiger partial charge in [0.15, 0.2) is 5.43 Å². The second-order valence-corrected chi connectivity index (χ2v) is 2.53. The van der Waals surface area contributed by atoms with Gasteiger partial charge in [-0.25, -0.2) is 4.79 Å². The molecule has 13 heavy (non-hydrogen) atoms. The maximum Gasteiger partial charge on any atom is 0.343 e. The highest BCUT2D eigenvalue weighted by Crippen LogP contribution is 1.97. The first-order valence-electron chi connectivity index (χ1n) is 3.57. The van der Waals surface area contributed by atoms with Gasteiger partial charge in [-0.1, -0.05) is 0 Å². The lowest BCUT2D eigenvalue weighted by atomic mass is 10.2. The van der Waals surface area contributed by atoms with Gasteiger partial charge >= 0.3 is 5.97 Å². The van der Waals surface area contributed by atoms with E-state index in [0.29, 0.717) is 10.4 Å². The lowest BCUT2D eigenvalue weighted by molar-refractivity contribution is 0.0593. The van der Waals surface area contributed by atoms with E-state index in [-0.39, 0.29) is 5.56 Å². The molecule has 70 valence electrons. The number of pyridine rings is 1. The van der Waals surface area contributed by atoms with E-state index < -0.39 is 11.4 Å². The Morgan fingerprint density at radius 3 is 2.77 bits per heavy atom. The van der Waals surface area contributed by atoms with Gasteiger partial charge in [-0.05, 0) is 6.92 Å². The third-order valence-electron chi connectivity index (χ3n) is 1.62. The van der Waals surface area contributed by atoms with Crippen molar-refractivity contribution in [1.82, 2.24) is 4.73 Å². The van der Waals surface area contributed by atoms with Gasteiger partial charge < -0.3 is 9.94 Å². The Labute approximate surface area is 74.1 Å². The number of ether oxygens (including phenoxy) is 1. The van der Waals surface area contributed by atoms with Crippen molar-refractivity contribution in [3.05, 3.63) is 33.7 Å². The number of hydrogen-bond donors (Lipinski definition) is 1. The van der Waals surface area contributed by atoms with Gasteiger partial charge in [-0.15, -0.1) is 0 Å². The topological polar surface area (TPSA) is 68.5 Å². The van der Waals surface area contributed by atoms with E-state index in [2.05, 4.69) is 4.74 Å². The zero-order valence-electron chi connectivity index (χ0n) is 7.27. The zero-order chi connectivity index (χ0) is 10.0. The highest BCUT2D eigenvalue weighted by atomic mass is 16.5. The number of hydrogen-bond acceptors (Lipinski definition) is 4. The number of aromatic nitrogens is 1. The van der Waals surface area contributed by atoms with Crippen molar-refractivity contribution in [1.29, 1.82) is 0 Å². The average molecular weight is 183 g/mol. The number of rotatable bonds is 1. The molecule has 0 aliphatic carbocycles. The fraction of sp³-hybridized carbons (Fsp3) is 0.250. The van der Waals surface area contributed by atoms with Gasteiger partial charge in [0.1, 0.15) is 5.56 Å². The third-order valence-corrected chi connectivity index (χ3v) is 1.62. The first kappa shape index (κ1) is 9.31. The maximum atomic E-state index is 11.2. The third kappa shape index (κ3) is 1.69. The molecule has 0 saturated carbocycles. The van der Waals surface area contributed by atoms with Gasteiger partial charge in [-0.2, -0.15) is 4.73 Å². The normalized spacial score (nSPS) is 9.69. The first-order chi connectivity index (χ1) is 6.06. The Morgan fingerprint density at radius 1 is 1.62 bits per heavy atom. The van der Waals surface area contributed by atoms with E-state index >= 15 is 0 Å². The van der Waals surface area contributed by atoms with Gasteiger partial charge in [0, 0.05) is 6.07 Å². The summed E-state index contributed by atoms with van der Waals surface area (Å²) in [6.07, 6.45) is 1.03. The lowest BCUT2D eigenvalue weighted by Crippen LogP contribution is -2.19. The fourth-order valence-corrected chi connectivity index (χ4v) is 0.885. The van der Waals surface area contributed by atoms with Crippen molar-refractivity contribution in [3.63, 3.8) is 0 Å². The average Bonchev–Trinajstić information content (AvgIpc) is 2.10. The quantitative estimate of drug-likeness (QED) is 0.498. The van der Waals surface area contributed by atoms with Crippen LogP contribution in [-0.4, -0.2) is 23.0 Å². The van der Waals surface area contributed by atoms with E-state index in [4.69, 9.17) is 5.21 Å². The summed E-state index contributed by atoms with van der Waals surface area (Å²) in [6, 6.07) is 1.16. The van der Waals surface area contributed by atoms with Crippen LogP contribution in [-0.2, 0) is 4.74 Å². The molecule has 0 saturated heterocycles. The number of carbonyl (C=O) groups is 1. The van der Waals surface area contributed by atoms with Crippen LogP contribution in [0.2, 0.25) is 0 Å². The van der Waals surface area contributed by atoms with Gasteiger partial charge in [0.05, 0.1) is 19.0 Å². The highest BCUT2D eigenvalue weighted by molar-refractivity contribution is 5.88. The molecule has 0 aromatic carbocycles. The molecule has 0 radical (unpaired) electrons. The van der Waals surface area contributed by atoms with Crippen LogP contribution >= 0.6 is 0 Å². The SMILES string of the molecule is COC(=O)c1cn(O)c(C)cc1=O. The molecule has 1 rings (SSSR count). The Bertz CT molecular complexity index is 394. The number of nitrogens with zero attached hydrogens (tertiary/aromatic N) is 1. The van der Waals surface area contributed by atoms with Crippen LogP contribution in [0.4, 0.5) is 0 Å². The van der Waals surface area contributed by atoms with E-state index in [1.165, 1.54) is 7.11 Å². The molecule has 0 spiro atoms. The number of carbonyl (C=O) groups excluding carboxylic acids is 1. The largest absolute Gasteiger partial charge is 0.465 e. The van der Waals surface area contributed by atoms with Crippen molar-refractivity contribution in [3.8, 4) is 0 Å². The summed E-state index contributed by atoms with van der Waals surface area (Å²) in [5.74, 6) is -0.757. The Hall–Kier alpha value is -1.78.